The monoisotopic (exact) mass is 542 g/mol. The van der Waals surface area contributed by atoms with Crippen LogP contribution < -0.4 is 26.1 Å². The van der Waals surface area contributed by atoms with Crippen LogP contribution in [0.15, 0.2) is 67.7 Å². The van der Waals surface area contributed by atoms with Crippen molar-refractivity contribution in [1.29, 1.82) is 0 Å². The second-order valence-corrected chi connectivity index (χ2v) is 8.52. The van der Waals surface area contributed by atoms with Crippen molar-refractivity contribution >= 4 is 39.3 Å². The number of rotatable bonds is 9. The van der Waals surface area contributed by atoms with E-state index in [1.807, 2.05) is 24.3 Å². The molecule has 0 aliphatic heterocycles. The smallest absolute Gasteiger partial charge is 0.329 e. The molecule has 0 radical (unpaired) electrons. The number of nitrogens with one attached hydrogen (secondary N) is 2. The van der Waals surface area contributed by atoms with Crippen LogP contribution in [0.1, 0.15) is 5.56 Å². The number of aliphatic hydroxyl groups excluding tert-OH is 1. The number of aromatic amines is 1. The average Bonchev–Trinajstić information content (AvgIpc) is 3.20. The van der Waals surface area contributed by atoms with Crippen molar-refractivity contribution < 1.29 is 14.6 Å². The molecule has 2 aromatic heterocycles. The number of H-pyrrole nitrogens is 1. The highest BCUT2D eigenvalue weighted by Gasteiger charge is 2.20. The zero-order valence-electron chi connectivity index (χ0n) is 18.9. The molecule has 4 aromatic rings. The lowest BCUT2D eigenvalue weighted by molar-refractivity contribution is 0.0938. The summed E-state index contributed by atoms with van der Waals surface area (Å²) < 4.78 is 14.4. The van der Waals surface area contributed by atoms with E-state index in [0.29, 0.717) is 11.5 Å². The molecule has 182 valence electrons. The molecular weight excluding hydrogens is 520 g/mol. The Labute approximate surface area is 207 Å². The number of methoxy groups -OCH3 is 1. The summed E-state index contributed by atoms with van der Waals surface area (Å²) in [4.78, 5) is 31.3. The molecule has 0 fully saturated rings. The molecule has 0 spiro atoms. The van der Waals surface area contributed by atoms with Gasteiger partial charge in [0.1, 0.15) is 24.2 Å². The van der Waals surface area contributed by atoms with Gasteiger partial charge in [0.25, 0.3) is 5.56 Å². The SMILES string of the molecule is COc1ccc(OC[C@H](O)Cn2c(N/N=C\c3cccc(Br)c3)nc3c2c(=O)[nH]c(=O)n3C)cc1. The number of aromatic nitrogens is 4. The van der Waals surface area contributed by atoms with E-state index in [9.17, 15) is 14.7 Å². The summed E-state index contributed by atoms with van der Waals surface area (Å²) in [7, 11) is 3.07. The molecule has 0 bridgehead atoms. The number of ether oxygens (including phenoxy) is 2. The van der Waals surface area contributed by atoms with E-state index in [-0.39, 0.29) is 30.3 Å². The third-order valence-electron chi connectivity index (χ3n) is 5.13. The Bertz CT molecular complexity index is 1470. The van der Waals surface area contributed by atoms with Gasteiger partial charge in [-0.15, -0.1) is 0 Å². The number of hydrazone groups is 1. The predicted molar refractivity (Wildman–Crippen MR) is 135 cm³/mol. The van der Waals surface area contributed by atoms with E-state index in [1.54, 1.807) is 37.6 Å². The van der Waals surface area contributed by atoms with Gasteiger partial charge in [0, 0.05) is 11.5 Å². The molecule has 11 nitrogen and oxygen atoms in total. The van der Waals surface area contributed by atoms with Crippen LogP contribution in [0.4, 0.5) is 5.95 Å². The third kappa shape index (κ3) is 5.61. The average molecular weight is 543 g/mol. The van der Waals surface area contributed by atoms with E-state index in [2.05, 4.69) is 36.4 Å². The molecule has 4 rings (SSSR count). The minimum Gasteiger partial charge on any atom is -0.497 e. The number of halogens is 1. The maximum Gasteiger partial charge on any atom is 0.329 e. The van der Waals surface area contributed by atoms with Crippen molar-refractivity contribution in [3.63, 3.8) is 0 Å². The highest BCUT2D eigenvalue weighted by atomic mass is 79.9. The van der Waals surface area contributed by atoms with Crippen molar-refractivity contribution in [2.45, 2.75) is 12.6 Å². The van der Waals surface area contributed by atoms with Gasteiger partial charge in [-0.2, -0.15) is 10.1 Å². The predicted octanol–water partition coefficient (Wildman–Crippen LogP) is 2.08. The van der Waals surface area contributed by atoms with Crippen molar-refractivity contribution in [3.8, 4) is 11.5 Å². The molecule has 0 saturated carbocycles. The minimum absolute atomic E-state index is 0.0390. The molecule has 0 unspecified atom stereocenters. The number of hydrogen-bond donors (Lipinski definition) is 3. The van der Waals surface area contributed by atoms with Gasteiger partial charge in [-0.25, -0.2) is 10.2 Å². The molecule has 1 atom stereocenters. The van der Waals surface area contributed by atoms with E-state index < -0.39 is 17.4 Å². The van der Waals surface area contributed by atoms with Gasteiger partial charge < -0.3 is 19.1 Å². The van der Waals surface area contributed by atoms with Gasteiger partial charge in [-0.1, -0.05) is 28.1 Å². The first-order valence-corrected chi connectivity index (χ1v) is 11.3. The fraction of sp³-hybridized carbons (Fsp3) is 0.217. The van der Waals surface area contributed by atoms with Gasteiger partial charge >= 0.3 is 5.69 Å². The quantitative estimate of drug-likeness (QED) is 0.217. The Morgan fingerprint density at radius 2 is 1.97 bits per heavy atom. The van der Waals surface area contributed by atoms with Gasteiger partial charge in [0.15, 0.2) is 11.2 Å². The number of benzene rings is 2. The lowest BCUT2D eigenvalue weighted by Crippen LogP contribution is -2.30. The largest absolute Gasteiger partial charge is 0.497 e. The minimum atomic E-state index is -0.999. The number of nitrogens with zero attached hydrogens (tertiary/aromatic N) is 4. The molecule has 0 aliphatic rings. The van der Waals surface area contributed by atoms with Crippen LogP contribution in [-0.4, -0.2) is 50.2 Å². The Morgan fingerprint density at radius 1 is 1.23 bits per heavy atom. The molecule has 2 aromatic carbocycles. The lowest BCUT2D eigenvalue weighted by atomic mass is 10.2. The maximum absolute atomic E-state index is 12.6. The topological polar surface area (TPSA) is 136 Å². The summed E-state index contributed by atoms with van der Waals surface area (Å²) in [6.45, 7) is -0.0842. The summed E-state index contributed by atoms with van der Waals surface area (Å²) in [6.07, 6.45) is 0.585. The summed E-state index contributed by atoms with van der Waals surface area (Å²) in [5.74, 6) is 1.42. The normalized spacial score (nSPS) is 12.2. The fourth-order valence-electron chi connectivity index (χ4n) is 3.38. The summed E-state index contributed by atoms with van der Waals surface area (Å²) in [5.41, 5.74) is 2.69. The van der Waals surface area contributed by atoms with E-state index in [1.165, 1.54) is 16.2 Å². The number of fused-ring (bicyclic) bond motifs is 1. The first-order valence-electron chi connectivity index (χ1n) is 10.5. The third-order valence-corrected chi connectivity index (χ3v) is 5.62. The summed E-state index contributed by atoms with van der Waals surface area (Å²) in [6, 6.07) is 14.5. The van der Waals surface area contributed by atoms with Crippen LogP contribution in [0.3, 0.4) is 0 Å². The van der Waals surface area contributed by atoms with Crippen molar-refractivity contribution in [3.05, 3.63) is 79.4 Å². The molecule has 0 amide bonds. The number of hydrogen-bond acceptors (Lipinski definition) is 8. The molecule has 0 saturated heterocycles. The van der Waals surface area contributed by atoms with E-state index in [4.69, 9.17) is 9.47 Å². The van der Waals surface area contributed by atoms with Crippen molar-refractivity contribution in [1.82, 2.24) is 19.1 Å². The standard InChI is InChI=1S/C23H23BrN6O5/c1-29-20-19(21(32)27-23(29)33)30(12-16(31)13-35-18-8-6-17(34-2)7-9-18)22(26-20)28-25-11-14-4-3-5-15(24)10-14/h3-11,16,31H,12-13H2,1-2H3,(H,26,28)(H,27,32,33)/b25-11-/t16-/m1/s1. The number of imidazole rings is 1. The summed E-state index contributed by atoms with van der Waals surface area (Å²) in [5, 5.41) is 14.9. The molecular formula is C23H23BrN6O5. The number of aryl methyl sites for hydroxylation is 1. The lowest BCUT2D eigenvalue weighted by Gasteiger charge is -2.15. The van der Waals surface area contributed by atoms with Crippen LogP contribution in [0.2, 0.25) is 0 Å². The summed E-state index contributed by atoms with van der Waals surface area (Å²) >= 11 is 3.41. The maximum atomic E-state index is 12.6. The van der Waals surface area contributed by atoms with E-state index in [0.717, 1.165) is 10.0 Å². The Kier molecular flexibility index (Phi) is 7.32. The first-order chi connectivity index (χ1) is 16.9. The highest BCUT2D eigenvalue weighted by Crippen LogP contribution is 2.19. The Hall–Kier alpha value is -3.90. The second-order valence-electron chi connectivity index (χ2n) is 7.60. The zero-order valence-corrected chi connectivity index (χ0v) is 20.5. The van der Waals surface area contributed by atoms with Crippen LogP contribution in [-0.2, 0) is 13.6 Å². The van der Waals surface area contributed by atoms with Gasteiger partial charge in [-0.3, -0.25) is 14.3 Å². The van der Waals surface area contributed by atoms with Crippen LogP contribution in [0.25, 0.3) is 11.2 Å². The number of anilines is 1. The van der Waals surface area contributed by atoms with Crippen LogP contribution >= 0.6 is 15.9 Å². The van der Waals surface area contributed by atoms with Crippen LogP contribution in [0.5, 0.6) is 11.5 Å². The first kappa shape index (κ1) is 24.2. The Morgan fingerprint density at radius 3 is 2.69 bits per heavy atom. The van der Waals surface area contributed by atoms with Gasteiger partial charge in [0.05, 0.1) is 19.9 Å². The van der Waals surface area contributed by atoms with E-state index >= 15 is 0 Å². The molecule has 2 heterocycles. The van der Waals surface area contributed by atoms with Gasteiger partial charge in [0.2, 0.25) is 5.95 Å². The van der Waals surface area contributed by atoms with Gasteiger partial charge in [-0.05, 0) is 42.0 Å². The van der Waals surface area contributed by atoms with Crippen molar-refractivity contribution in [2.75, 3.05) is 19.1 Å². The molecule has 3 N–H and O–H groups in total. The molecule has 35 heavy (non-hydrogen) atoms. The van der Waals surface area contributed by atoms with Crippen LogP contribution in [0, 0.1) is 0 Å². The molecule has 12 heteroatoms. The second kappa shape index (κ2) is 10.6. The fourth-order valence-corrected chi connectivity index (χ4v) is 3.79. The molecule has 0 aliphatic carbocycles. The van der Waals surface area contributed by atoms with Crippen molar-refractivity contribution in [2.24, 2.45) is 12.1 Å². The highest BCUT2D eigenvalue weighted by molar-refractivity contribution is 9.10. The number of aliphatic hydroxyl groups is 1. The zero-order chi connectivity index (χ0) is 24.9. The Balaban J connectivity index is 1.59.